The van der Waals surface area contributed by atoms with E-state index in [2.05, 4.69) is 13.8 Å². The molecule has 0 aliphatic carbocycles. The van der Waals surface area contributed by atoms with E-state index < -0.39 is 5.97 Å². The first-order chi connectivity index (χ1) is 9.60. The maximum Gasteiger partial charge on any atom is 1.00 e. The van der Waals surface area contributed by atoms with Crippen LogP contribution in [-0.4, -0.2) is 18.0 Å². The van der Waals surface area contributed by atoms with Crippen LogP contribution in [0, 0.1) is 0 Å². The predicted octanol–water partition coefficient (Wildman–Crippen LogP) is -0.0170. The Morgan fingerprint density at radius 2 is 1.48 bits per heavy atom. The van der Waals surface area contributed by atoms with Crippen molar-refractivity contribution < 1.29 is 49.0 Å². The molecule has 0 aromatic heterocycles. The van der Waals surface area contributed by atoms with Crippen LogP contribution in [0.4, 0.5) is 0 Å². The van der Waals surface area contributed by atoms with Crippen molar-refractivity contribution in [3.05, 3.63) is 0 Å². The number of aliphatic carboxylic acids is 1. The van der Waals surface area contributed by atoms with Crippen molar-refractivity contribution in [2.45, 2.75) is 90.6 Å². The number of carboxylic acid groups (broad SMARTS) is 1. The van der Waals surface area contributed by atoms with E-state index in [0.29, 0.717) is 19.3 Å². The first kappa shape index (κ1) is 23.2. The Morgan fingerprint density at radius 3 is 2.05 bits per heavy atom. The van der Waals surface area contributed by atoms with Gasteiger partial charge in [0, 0.05) is 12.4 Å². The average Bonchev–Trinajstić information content (AvgIpc) is 2.38. The maximum atomic E-state index is 11.7. The Bertz CT molecular complexity index is 269. The van der Waals surface area contributed by atoms with Crippen molar-refractivity contribution in [1.29, 1.82) is 0 Å². The zero-order chi connectivity index (χ0) is 15.2. The molecule has 0 heterocycles. The SMILES string of the molecule is CCCCCC(=O)OC(CCCCC)CCCC(=O)[O-].[Na+]. The van der Waals surface area contributed by atoms with Gasteiger partial charge in [-0.1, -0.05) is 39.5 Å². The smallest absolute Gasteiger partial charge is 0.550 e. The van der Waals surface area contributed by atoms with Crippen LogP contribution in [0.2, 0.25) is 0 Å². The Labute approximate surface area is 151 Å². The number of carbonyl (C=O) groups excluding carboxylic acids is 2. The molecule has 0 spiro atoms. The van der Waals surface area contributed by atoms with Gasteiger partial charge >= 0.3 is 35.5 Å². The third-order valence-electron chi connectivity index (χ3n) is 3.32. The van der Waals surface area contributed by atoms with E-state index in [0.717, 1.165) is 44.9 Å². The number of carbonyl (C=O) groups is 2. The second-order valence-electron chi connectivity index (χ2n) is 5.33. The average molecular weight is 308 g/mol. The van der Waals surface area contributed by atoms with Crippen molar-refractivity contribution in [3.8, 4) is 0 Å². The fourth-order valence-corrected chi connectivity index (χ4v) is 2.12. The summed E-state index contributed by atoms with van der Waals surface area (Å²) < 4.78 is 5.47. The molecule has 5 heteroatoms. The molecule has 21 heavy (non-hydrogen) atoms. The first-order valence-corrected chi connectivity index (χ1v) is 7.99. The van der Waals surface area contributed by atoms with Crippen LogP contribution in [0.25, 0.3) is 0 Å². The number of unbranched alkanes of at least 4 members (excludes halogenated alkanes) is 4. The minimum atomic E-state index is -1.04. The molecule has 0 bridgehead atoms. The third-order valence-corrected chi connectivity index (χ3v) is 3.32. The fourth-order valence-electron chi connectivity index (χ4n) is 2.12. The molecule has 0 aliphatic heterocycles. The van der Waals surface area contributed by atoms with Gasteiger partial charge in [-0.25, -0.2) is 0 Å². The molecule has 0 fully saturated rings. The second kappa shape index (κ2) is 16.3. The van der Waals surface area contributed by atoms with E-state index >= 15 is 0 Å². The van der Waals surface area contributed by atoms with Crippen LogP contribution in [0.3, 0.4) is 0 Å². The van der Waals surface area contributed by atoms with Crippen LogP contribution in [0.1, 0.15) is 84.5 Å². The van der Waals surface area contributed by atoms with Crippen LogP contribution < -0.4 is 34.7 Å². The quantitative estimate of drug-likeness (QED) is 0.272. The molecule has 0 aliphatic rings. The van der Waals surface area contributed by atoms with Gasteiger partial charge in [0.25, 0.3) is 0 Å². The van der Waals surface area contributed by atoms with Crippen molar-refractivity contribution in [2.24, 2.45) is 0 Å². The monoisotopic (exact) mass is 308 g/mol. The van der Waals surface area contributed by atoms with Crippen LogP contribution in [0.15, 0.2) is 0 Å². The van der Waals surface area contributed by atoms with Gasteiger partial charge in [-0.3, -0.25) is 4.79 Å². The zero-order valence-electron chi connectivity index (χ0n) is 14.0. The largest absolute Gasteiger partial charge is 1.00 e. The normalized spacial score (nSPS) is 11.5. The van der Waals surface area contributed by atoms with Crippen molar-refractivity contribution in [2.75, 3.05) is 0 Å². The molecule has 4 nitrogen and oxygen atoms in total. The molecule has 118 valence electrons. The summed E-state index contributed by atoms with van der Waals surface area (Å²) in [6, 6.07) is 0. The van der Waals surface area contributed by atoms with Gasteiger partial charge in [-0.15, -0.1) is 0 Å². The Morgan fingerprint density at radius 1 is 0.905 bits per heavy atom. The number of rotatable bonds is 13. The molecule has 0 saturated heterocycles. The standard InChI is InChI=1S/C16H30O4.Na/c1-3-5-7-10-14(11-9-12-15(17)18)20-16(19)13-8-6-4-2;/h14H,3-13H2,1-2H3,(H,17,18);/q;+1/p-1. The van der Waals surface area contributed by atoms with Gasteiger partial charge in [-0.05, 0) is 38.5 Å². The summed E-state index contributed by atoms with van der Waals surface area (Å²) in [6.45, 7) is 4.22. The summed E-state index contributed by atoms with van der Waals surface area (Å²) in [5, 5.41) is 10.4. The predicted molar refractivity (Wildman–Crippen MR) is 77.0 cm³/mol. The number of esters is 1. The Balaban J connectivity index is 0. The first-order valence-electron chi connectivity index (χ1n) is 7.99. The molecule has 0 radical (unpaired) electrons. The van der Waals surface area contributed by atoms with E-state index in [1.54, 1.807) is 0 Å². The summed E-state index contributed by atoms with van der Waals surface area (Å²) in [6.07, 6.45) is 8.61. The molecule has 0 N–H and O–H groups in total. The maximum absolute atomic E-state index is 11.7. The summed E-state index contributed by atoms with van der Waals surface area (Å²) in [5.74, 6) is -1.18. The summed E-state index contributed by atoms with van der Waals surface area (Å²) in [5.41, 5.74) is 0. The van der Waals surface area contributed by atoms with Crippen LogP contribution in [0.5, 0.6) is 0 Å². The molecule has 0 aromatic carbocycles. The zero-order valence-corrected chi connectivity index (χ0v) is 16.0. The minimum Gasteiger partial charge on any atom is -0.550 e. The Kier molecular flexibility index (Phi) is 18.0. The van der Waals surface area contributed by atoms with Gasteiger partial charge in [0.1, 0.15) is 6.10 Å². The minimum absolute atomic E-state index is 0. The molecule has 0 rings (SSSR count). The van der Waals surface area contributed by atoms with E-state index in [1.165, 1.54) is 0 Å². The second-order valence-corrected chi connectivity index (χ2v) is 5.33. The molecular formula is C16H29NaO4. The molecule has 0 amide bonds. The van der Waals surface area contributed by atoms with Crippen molar-refractivity contribution in [1.82, 2.24) is 0 Å². The van der Waals surface area contributed by atoms with Crippen LogP contribution in [-0.2, 0) is 14.3 Å². The number of carboxylic acids is 1. The summed E-state index contributed by atoms with van der Waals surface area (Å²) in [7, 11) is 0. The molecule has 1 unspecified atom stereocenters. The van der Waals surface area contributed by atoms with Crippen LogP contribution >= 0.6 is 0 Å². The topological polar surface area (TPSA) is 66.4 Å². The molecule has 0 saturated carbocycles. The van der Waals surface area contributed by atoms with Gasteiger partial charge in [-0.2, -0.15) is 0 Å². The number of hydrogen-bond donors (Lipinski definition) is 0. The van der Waals surface area contributed by atoms with Gasteiger partial charge in [0.05, 0.1) is 0 Å². The van der Waals surface area contributed by atoms with Gasteiger partial charge in [0.2, 0.25) is 0 Å². The third kappa shape index (κ3) is 16.1. The Hall–Kier alpha value is -0.0600. The number of hydrogen-bond acceptors (Lipinski definition) is 4. The van der Waals surface area contributed by atoms with E-state index in [4.69, 9.17) is 4.74 Å². The van der Waals surface area contributed by atoms with Gasteiger partial charge < -0.3 is 14.6 Å². The molecule has 1 atom stereocenters. The van der Waals surface area contributed by atoms with E-state index in [9.17, 15) is 14.7 Å². The molecule has 0 aromatic rings. The number of ether oxygens (including phenoxy) is 1. The summed E-state index contributed by atoms with van der Waals surface area (Å²) in [4.78, 5) is 22.1. The fraction of sp³-hybridized carbons (Fsp3) is 0.875. The van der Waals surface area contributed by atoms with Crippen molar-refractivity contribution in [3.63, 3.8) is 0 Å². The molecular weight excluding hydrogens is 279 g/mol. The van der Waals surface area contributed by atoms with E-state index in [-0.39, 0.29) is 48.1 Å². The summed E-state index contributed by atoms with van der Waals surface area (Å²) >= 11 is 0. The van der Waals surface area contributed by atoms with Crippen molar-refractivity contribution >= 4 is 11.9 Å². The van der Waals surface area contributed by atoms with E-state index in [1.807, 2.05) is 0 Å². The van der Waals surface area contributed by atoms with Gasteiger partial charge in [0.15, 0.2) is 0 Å².